The summed E-state index contributed by atoms with van der Waals surface area (Å²) in [6.07, 6.45) is 5.87. The highest BCUT2D eigenvalue weighted by Crippen LogP contribution is 2.35. The van der Waals surface area contributed by atoms with Crippen LogP contribution in [0.1, 0.15) is 38.3 Å². The van der Waals surface area contributed by atoms with E-state index < -0.39 is 10.0 Å². The van der Waals surface area contributed by atoms with Gasteiger partial charge in [0.05, 0.1) is 4.90 Å². The monoisotopic (exact) mass is 269 g/mol. The predicted molar refractivity (Wildman–Crippen MR) is 68.6 cm³/mol. The molecule has 18 heavy (non-hydrogen) atoms. The van der Waals surface area contributed by atoms with Crippen molar-refractivity contribution in [1.29, 1.82) is 0 Å². The number of hydrogen-bond donors (Lipinski definition) is 3. The summed E-state index contributed by atoms with van der Waals surface area (Å²) in [7, 11) is -3.37. The molecule has 2 saturated carbocycles. The summed E-state index contributed by atoms with van der Waals surface area (Å²) < 4.78 is 26.9. The second-order valence-corrected chi connectivity index (χ2v) is 7.36. The van der Waals surface area contributed by atoms with E-state index in [0.29, 0.717) is 17.5 Å². The van der Waals surface area contributed by atoms with Crippen LogP contribution in [0.4, 0.5) is 0 Å². The number of nitrogens with one attached hydrogen (secondary N) is 3. The maximum atomic E-state index is 12.1. The molecule has 0 amide bonds. The van der Waals surface area contributed by atoms with Gasteiger partial charge in [-0.3, -0.25) is 0 Å². The molecule has 1 heterocycles. The van der Waals surface area contributed by atoms with Crippen molar-refractivity contribution in [3.63, 3.8) is 0 Å². The quantitative estimate of drug-likeness (QED) is 0.724. The fourth-order valence-electron chi connectivity index (χ4n) is 1.89. The Hall–Kier alpha value is -0.850. The Labute approximate surface area is 107 Å². The third-order valence-corrected chi connectivity index (χ3v) is 5.18. The van der Waals surface area contributed by atoms with E-state index in [-0.39, 0.29) is 5.54 Å². The minimum atomic E-state index is -3.37. The van der Waals surface area contributed by atoms with E-state index in [9.17, 15) is 8.42 Å². The van der Waals surface area contributed by atoms with Gasteiger partial charge in [-0.15, -0.1) is 0 Å². The van der Waals surface area contributed by atoms with Crippen LogP contribution < -0.4 is 10.0 Å². The molecule has 5 nitrogen and oxygen atoms in total. The molecule has 2 fully saturated rings. The largest absolute Gasteiger partial charge is 0.363 e. The van der Waals surface area contributed by atoms with Crippen molar-refractivity contribution in [3.05, 3.63) is 18.0 Å². The van der Waals surface area contributed by atoms with Gasteiger partial charge in [0, 0.05) is 30.0 Å². The van der Waals surface area contributed by atoms with Crippen molar-refractivity contribution in [2.45, 2.75) is 55.6 Å². The summed E-state index contributed by atoms with van der Waals surface area (Å²) in [6, 6.07) is 2.33. The first-order valence-electron chi connectivity index (χ1n) is 6.42. The first-order valence-corrected chi connectivity index (χ1v) is 7.90. The predicted octanol–water partition coefficient (Wildman–Crippen LogP) is 1.10. The Morgan fingerprint density at radius 2 is 2.17 bits per heavy atom. The molecular formula is C12H19N3O2S. The van der Waals surface area contributed by atoms with Crippen LogP contribution in [0, 0.1) is 0 Å². The normalized spacial score (nSPS) is 22.1. The molecule has 0 bridgehead atoms. The molecule has 0 atom stereocenters. The highest BCUT2D eigenvalue weighted by Gasteiger charge is 2.41. The number of aromatic amines is 1. The summed E-state index contributed by atoms with van der Waals surface area (Å²) in [4.78, 5) is 3.36. The van der Waals surface area contributed by atoms with E-state index in [1.165, 1.54) is 12.8 Å². The lowest BCUT2D eigenvalue weighted by atomic mass is 10.4. The second kappa shape index (κ2) is 4.08. The van der Waals surface area contributed by atoms with Crippen molar-refractivity contribution in [1.82, 2.24) is 15.0 Å². The Morgan fingerprint density at radius 1 is 1.44 bits per heavy atom. The second-order valence-electron chi connectivity index (χ2n) is 5.68. The molecular weight excluding hydrogens is 250 g/mol. The van der Waals surface area contributed by atoms with Crippen molar-refractivity contribution in [3.8, 4) is 0 Å². The molecule has 6 heteroatoms. The SMILES string of the molecule is CC1(NS(=O)(=O)c2c[nH]c(CNC3CC3)c2)CC1. The smallest absolute Gasteiger partial charge is 0.242 e. The lowest BCUT2D eigenvalue weighted by molar-refractivity contribution is 0.558. The molecule has 0 aliphatic heterocycles. The maximum absolute atomic E-state index is 12.1. The number of hydrogen-bond acceptors (Lipinski definition) is 3. The molecule has 0 radical (unpaired) electrons. The molecule has 3 rings (SSSR count). The Bertz CT molecular complexity index is 541. The number of aromatic nitrogens is 1. The van der Waals surface area contributed by atoms with Gasteiger partial charge in [-0.1, -0.05) is 0 Å². The molecule has 2 aliphatic rings. The van der Waals surface area contributed by atoms with E-state index in [4.69, 9.17) is 0 Å². The molecule has 0 spiro atoms. The van der Waals surface area contributed by atoms with Crippen molar-refractivity contribution in [2.75, 3.05) is 0 Å². The highest BCUT2D eigenvalue weighted by atomic mass is 32.2. The van der Waals surface area contributed by atoms with Gasteiger partial charge in [-0.05, 0) is 38.7 Å². The molecule has 100 valence electrons. The number of rotatable bonds is 6. The van der Waals surface area contributed by atoms with Gasteiger partial charge in [-0.25, -0.2) is 13.1 Å². The van der Waals surface area contributed by atoms with Gasteiger partial charge in [0.2, 0.25) is 10.0 Å². The average Bonchev–Trinajstić information content (AvgIpc) is 3.18. The summed E-state index contributed by atoms with van der Waals surface area (Å²) in [5.74, 6) is 0. The summed E-state index contributed by atoms with van der Waals surface area (Å²) in [6.45, 7) is 2.64. The van der Waals surface area contributed by atoms with Gasteiger partial charge in [0.25, 0.3) is 0 Å². The van der Waals surface area contributed by atoms with Gasteiger partial charge in [0.1, 0.15) is 0 Å². The van der Waals surface area contributed by atoms with E-state index in [0.717, 1.165) is 18.5 Å². The van der Waals surface area contributed by atoms with Crippen LogP contribution in [0.5, 0.6) is 0 Å². The Morgan fingerprint density at radius 3 is 2.78 bits per heavy atom. The molecule has 1 aromatic heterocycles. The van der Waals surface area contributed by atoms with Crippen LogP contribution in [-0.2, 0) is 16.6 Å². The zero-order chi connectivity index (χ0) is 12.8. The van der Waals surface area contributed by atoms with Crippen molar-refractivity contribution in [2.24, 2.45) is 0 Å². The molecule has 1 aromatic rings. The van der Waals surface area contributed by atoms with Crippen LogP contribution in [0.15, 0.2) is 17.2 Å². The van der Waals surface area contributed by atoms with E-state index in [1.54, 1.807) is 12.3 Å². The van der Waals surface area contributed by atoms with Crippen LogP contribution in [0.25, 0.3) is 0 Å². The fraction of sp³-hybridized carbons (Fsp3) is 0.667. The zero-order valence-corrected chi connectivity index (χ0v) is 11.3. The first-order chi connectivity index (χ1) is 8.47. The Balaban J connectivity index is 1.67. The van der Waals surface area contributed by atoms with Crippen LogP contribution in [-0.4, -0.2) is 25.0 Å². The van der Waals surface area contributed by atoms with Gasteiger partial charge in [0.15, 0.2) is 0 Å². The fourth-order valence-corrected chi connectivity index (χ4v) is 3.37. The van der Waals surface area contributed by atoms with E-state index >= 15 is 0 Å². The number of sulfonamides is 1. The van der Waals surface area contributed by atoms with Gasteiger partial charge in [-0.2, -0.15) is 0 Å². The van der Waals surface area contributed by atoms with Crippen molar-refractivity contribution >= 4 is 10.0 Å². The van der Waals surface area contributed by atoms with Gasteiger partial charge >= 0.3 is 0 Å². The maximum Gasteiger partial charge on any atom is 0.242 e. The standard InChI is InChI=1S/C12H19N3O2S/c1-12(4-5-12)15-18(16,17)11-6-10(14-8-11)7-13-9-2-3-9/h6,8-9,13-15H,2-5,7H2,1H3. The molecule has 3 N–H and O–H groups in total. The zero-order valence-electron chi connectivity index (χ0n) is 10.5. The topological polar surface area (TPSA) is 74.0 Å². The molecule has 2 aliphatic carbocycles. The van der Waals surface area contributed by atoms with Crippen LogP contribution in [0.2, 0.25) is 0 Å². The third-order valence-electron chi connectivity index (χ3n) is 3.57. The lowest BCUT2D eigenvalue weighted by Crippen LogP contribution is -2.33. The number of H-pyrrole nitrogens is 1. The van der Waals surface area contributed by atoms with E-state index in [1.807, 2.05) is 6.92 Å². The Kier molecular flexibility index (Phi) is 2.76. The molecule has 0 saturated heterocycles. The van der Waals surface area contributed by atoms with E-state index in [2.05, 4.69) is 15.0 Å². The lowest BCUT2D eigenvalue weighted by Gasteiger charge is -2.10. The third kappa shape index (κ3) is 2.76. The van der Waals surface area contributed by atoms with Crippen molar-refractivity contribution < 1.29 is 8.42 Å². The summed E-state index contributed by atoms with van der Waals surface area (Å²) in [5, 5.41) is 3.35. The summed E-state index contributed by atoms with van der Waals surface area (Å²) >= 11 is 0. The highest BCUT2D eigenvalue weighted by molar-refractivity contribution is 7.89. The van der Waals surface area contributed by atoms with Crippen LogP contribution in [0.3, 0.4) is 0 Å². The molecule has 0 aromatic carbocycles. The van der Waals surface area contributed by atoms with Gasteiger partial charge < -0.3 is 10.3 Å². The average molecular weight is 269 g/mol. The molecule has 0 unspecified atom stereocenters. The minimum absolute atomic E-state index is 0.220. The summed E-state index contributed by atoms with van der Waals surface area (Å²) in [5.41, 5.74) is 0.700. The first kappa shape index (κ1) is 12.2. The van der Waals surface area contributed by atoms with Crippen LogP contribution >= 0.6 is 0 Å². The minimum Gasteiger partial charge on any atom is -0.363 e.